The third kappa shape index (κ3) is 4.99. The van der Waals surface area contributed by atoms with E-state index in [4.69, 9.17) is 4.99 Å². The Bertz CT molecular complexity index is 1220. The van der Waals surface area contributed by atoms with Gasteiger partial charge in [0.1, 0.15) is 0 Å². The molecule has 7 heteroatoms. The minimum Gasteiger partial charge on any atom is -0.361 e. The lowest BCUT2D eigenvalue weighted by Gasteiger charge is -2.11. The Labute approximate surface area is 189 Å². The van der Waals surface area contributed by atoms with E-state index in [9.17, 15) is 0 Å². The lowest BCUT2D eigenvalue weighted by molar-refractivity contribution is 0.795. The van der Waals surface area contributed by atoms with Crippen LogP contribution in [0.3, 0.4) is 0 Å². The Balaban J connectivity index is 1.36. The molecule has 1 aromatic carbocycles. The summed E-state index contributed by atoms with van der Waals surface area (Å²) in [6.45, 7) is 10.4. The number of aliphatic imine (C=N–C) groups is 1. The maximum Gasteiger partial charge on any atom is 0.191 e. The number of nitrogens with one attached hydrogen (secondary N) is 3. The summed E-state index contributed by atoms with van der Waals surface area (Å²) in [5, 5.41) is 12.5. The van der Waals surface area contributed by atoms with Gasteiger partial charge in [0.05, 0.1) is 12.2 Å². The normalized spacial score (nSPS) is 11.8. The molecule has 0 aliphatic carbocycles. The van der Waals surface area contributed by atoms with Gasteiger partial charge in [-0.3, -0.25) is 0 Å². The van der Waals surface area contributed by atoms with E-state index in [2.05, 4.69) is 70.0 Å². The Morgan fingerprint density at radius 1 is 1.09 bits per heavy atom. The van der Waals surface area contributed by atoms with Crippen molar-refractivity contribution in [1.82, 2.24) is 30.4 Å². The van der Waals surface area contributed by atoms with E-state index in [-0.39, 0.29) is 0 Å². The fraction of sp³-hybridized carbons (Fsp3) is 0.320. The van der Waals surface area contributed by atoms with Crippen molar-refractivity contribution >= 4 is 16.9 Å². The minimum absolute atomic E-state index is 0.562. The molecule has 3 N–H and O–H groups in total. The number of aromatic nitrogens is 4. The largest absolute Gasteiger partial charge is 0.361 e. The summed E-state index contributed by atoms with van der Waals surface area (Å²) in [5.41, 5.74) is 6.89. The van der Waals surface area contributed by atoms with Gasteiger partial charge in [0, 0.05) is 42.1 Å². The van der Waals surface area contributed by atoms with E-state index in [0.717, 1.165) is 48.2 Å². The van der Waals surface area contributed by atoms with Crippen LogP contribution in [0.1, 0.15) is 35.0 Å². The van der Waals surface area contributed by atoms with E-state index >= 15 is 0 Å². The van der Waals surface area contributed by atoms with Crippen molar-refractivity contribution in [1.29, 1.82) is 0 Å². The van der Waals surface area contributed by atoms with Crippen molar-refractivity contribution in [3.05, 3.63) is 76.9 Å². The Morgan fingerprint density at radius 3 is 2.69 bits per heavy atom. The number of fused-ring (bicyclic) bond motifs is 1. The Morgan fingerprint density at radius 2 is 1.97 bits per heavy atom. The molecule has 0 unspecified atom stereocenters. The quantitative estimate of drug-likeness (QED) is 0.307. The molecular formula is C25H31N7. The Hall–Kier alpha value is -3.61. The number of H-pyrrole nitrogens is 1. The van der Waals surface area contributed by atoms with Gasteiger partial charge in [-0.05, 0) is 69.0 Å². The highest BCUT2D eigenvalue weighted by molar-refractivity contribution is 5.84. The number of aryl methyl sites for hydroxylation is 3. The van der Waals surface area contributed by atoms with E-state index in [0.29, 0.717) is 6.54 Å². The van der Waals surface area contributed by atoms with Gasteiger partial charge in [-0.15, -0.1) is 0 Å². The molecule has 4 aromatic rings. The molecule has 166 valence electrons. The summed E-state index contributed by atoms with van der Waals surface area (Å²) in [6, 6.07) is 12.6. The van der Waals surface area contributed by atoms with E-state index in [1.165, 1.54) is 22.0 Å². The molecule has 0 atom stereocenters. The first-order chi connectivity index (χ1) is 15.5. The molecule has 0 bridgehead atoms. The zero-order valence-corrected chi connectivity index (χ0v) is 19.2. The van der Waals surface area contributed by atoms with Gasteiger partial charge in [0.25, 0.3) is 0 Å². The van der Waals surface area contributed by atoms with Crippen LogP contribution in [0.25, 0.3) is 16.7 Å². The summed E-state index contributed by atoms with van der Waals surface area (Å²) < 4.78 is 1.86. The van der Waals surface area contributed by atoms with Crippen LogP contribution in [-0.2, 0) is 13.0 Å². The van der Waals surface area contributed by atoms with Gasteiger partial charge in [0.15, 0.2) is 11.8 Å². The van der Waals surface area contributed by atoms with Crippen molar-refractivity contribution in [2.24, 2.45) is 4.99 Å². The van der Waals surface area contributed by atoms with Gasteiger partial charge >= 0.3 is 0 Å². The van der Waals surface area contributed by atoms with Crippen LogP contribution in [0.2, 0.25) is 0 Å². The lowest BCUT2D eigenvalue weighted by atomic mass is 10.1. The van der Waals surface area contributed by atoms with E-state index in [1.807, 2.05) is 36.9 Å². The zero-order valence-electron chi connectivity index (χ0n) is 19.2. The molecule has 3 aromatic heterocycles. The van der Waals surface area contributed by atoms with Gasteiger partial charge in [0.2, 0.25) is 0 Å². The van der Waals surface area contributed by atoms with Gasteiger partial charge in [-0.25, -0.2) is 14.7 Å². The molecule has 7 nitrogen and oxygen atoms in total. The molecule has 0 fully saturated rings. The molecular weight excluding hydrogens is 398 g/mol. The van der Waals surface area contributed by atoms with Crippen LogP contribution in [0.15, 0.2) is 53.8 Å². The lowest BCUT2D eigenvalue weighted by Crippen LogP contribution is -2.38. The highest BCUT2D eigenvalue weighted by atomic mass is 15.3. The summed E-state index contributed by atoms with van der Waals surface area (Å²) in [5.74, 6) is 1.63. The third-order valence-electron chi connectivity index (χ3n) is 5.41. The maximum absolute atomic E-state index is 4.72. The summed E-state index contributed by atoms with van der Waals surface area (Å²) in [6.07, 6.45) is 4.89. The maximum atomic E-state index is 4.72. The molecule has 3 heterocycles. The summed E-state index contributed by atoms with van der Waals surface area (Å²) in [7, 11) is 0. The summed E-state index contributed by atoms with van der Waals surface area (Å²) in [4.78, 5) is 12.7. The molecule has 4 rings (SSSR count). The number of guanidine groups is 1. The summed E-state index contributed by atoms with van der Waals surface area (Å²) >= 11 is 0. The standard InChI is InChI=1S/C25H31N7/c1-5-26-25(27-11-10-21-16-28-23-12-17(2)6-8-22(21)23)30-15-20-7-9-24(29-14-20)32-19(4)13-18(3)31-32/h6-9,12-14,16,28H,5,10-11,15H2,1-4H3,(H2,26,27,30). The monoisotopic (exact) mass is 429 g/mol. The first-order valence-electron chi connectivity index (χ1n) is 11.1. The molecule has 0 spiro atoms. The van der Waals surface area contributed by atoms with Crippen LogP contribution in [0, 0.1) is 20.8 Å². The smallest absolute Gasteiger partial charge is 0.191 e. The van der Waals surface area contributed by atoms with Crippen molar-refractivity contribution < 1.29 is 0 Å². The highest BCUT2D eigenvalue weighted by Crippen LogP contribution is 2.19. The Kier molecular flexibility index (Phi) is 6.54. The SMILES string of the molecule is CCNC(=NCc1ccc(-n2nc(C)cc2C)nc1)NCCc1c[nH]c2cc(C)ccc12. The fourth-order valence-corrected chi connectivity index (χ4v) is 3.83. The number of pyridine rings is 1. The number of hydrogen-bond donors (Lipinski definition) is 3. The molecule has 0 radical (unpaired) electrons. The molecule has 0 saturated heterocycles. The number of aromatic amines is 1. The second-order valence-corrected chi connectivity index (χ2v) is 8.10. The number of rotatable bonds is 7. The van der Waals surface area contributed by atoms with E-state index in [1.54, 1.807) is 0 Å². The first-order valence-corrected chi connectivity index (χ1v) is 11.1. The van der Waals surface area contributed by atoms with Crippen molar-refractivity contribution in [2.45, 2.75) is 40.7 Å². The molecule has 0 saturated carbocycles. The number of benzene rings is 1. The predicted molar refractivity (Wildman–Crippen MR) is 130 cm³/mol. The van der Waals surface area contributed by atoms with Crippen molar-refractivity contribution in [3.8, 4) is 5.82 Å². The highest BCUT2D eigenvalue weighted by Gasteiger charge is 2.06. The number of nitrogens with zero attached hydrogens (tertiary/aromatic N) is 4. The third-order valence-corrected chi connectivity index (χ3v) is 5.41. The van der Waals surface area contributed by atoms with Crippen LogP contribution in [0.5, 0.6) is 0 Å². The molecule has 0 aliphatic rings. The molecule has 0 amide bonds. The predicted octanol–water partition coefficient (Wildman–Crippen LogP) is 3.97. The molecule has 32 heavy (non-hydrogen) atoms. The fourth-order valence-electron chi connectivity index (χ4n) is 3.83. The average Bonchev–Trinajstić information content (AvgIpc) is 3.34. The average molecular weight is 430 g/mol. The minimum atomic E-state index is 0.562. The van der Waals surface area contributed by atoms with Gasteiger partial charge in [-0.2, -0.15) is 5.10 Å². The van der Waals surface area contributed by atoms with E-state index < -0.39 is 0 Å². The topological polar surface area (TPSA) is 82.9 Å². The van der Waals surface area contributed by atoms with Crippen LogP contribution >= 0.6 is 0 Å². The van der Waals surface area contributed by atoms with Crippen LogP contribution in [-0.4, -0.2) is 38.8 Å². The first kappa shape index (κ1) is 21.6. The van der Waals surface area contributed by atoms with Gasteiger partial charge in [-0.1, -0.05) is 18.2 Å². The van der Waals surface area contributed by atoms with Crippen molar-refractivity contribution in [3.63, 3.8) is 0 Å². The molecule has 0 aliphatic heterocycles. The van der Waals surface area contributed by atoms with Crippen molar-refractivity contribution in [2.75, 3.05) is 13.1 Å². The van der Waals surface area contributed by atoms with Crippen LogP contribution in [0.4, 0.5) is 0 Å². The second-order valence-electron chi connectivity index (χ2n) is 8.10. The second kappa shape index (κ2) is 9.68. The zero-order chi connectivity index (χ0) is 22.5. The van der Waals surface area contributed by atoms with Crippen LogP contribution < -0.4 is 10.6 Å². The number of hydrogen-bond acceptors (Lipinski definition) is 3. The van der Waals surface area contributed by atoms with Gasteiger partial charge < -0.3 is 15.6 Å².